The third-order valence-electron chi connectivity index (χ3n) is 4.17. The Kier molecular flexibility index (Phi) is 5.94. The van der Waals surface area contributed by atoms with Crippen LogP contribution in [0.4, 0.5) is 0 Å². The first-order valence-electron chi connectivity index (χ1n) is 7.41. The van der Waals surface area contributed by atoms with Gasteiger partial charge in [0.15, 0.2) is 0 Å². The summed E-state index contributed by atoms with van der Waals surface area (Å²) in [4.78, 5) is 2.70. The van der Waals surface area contributed by atoms with Gasteiger partial charge < -0.3 is 5.32 Å². The molecule has 17 heavy (non-hydrogen) atoms. The highest BCUT2D eigenvalue weighted by molar-refractivity contribution is 4.84. The number of piperidine rings is 1. The van der Waals surface area contributed by atoms with Gasteiger partial charge in [0.2, 0.25) is 0 Å². The van der Waals surface area contributed by atoms with Crippen LogP contribution in [-0.2, 0) is 0 Å². The maximum atomic E-state index is 3.56. The molecule has 0 aliphatic carbocycles. The van der Waals surface area contributed by atoms with E-state index in [1.54, 1.807) is 0 Å². The van der Waals surface area contributed by atoms with Gasteiger partial charge in [0.1, 0.15) is 0 Å². The molecule has 1 rings (SSSR count). The van der Waals surface area contributed by atoms with E-state index in [1.165, 1.54) is 32.4 Å². The van der Waals surface area contributed by atoms with Crippen molar-refractivity contribution in [3.05, 3.63) is 0 Å². The quantitative estimate of drug-likeness (QED) is 0.718. The molecule has 0 saturated carbocycles. The van der Waals surface area contributed by atoms with Crippen molar-refractivity contribution >= 4 is 0 Å². The van der Waals surface area contributed by atoms with Crippen LogP contribution in [0.25, 0.3) is 0 Å². The molecule has 1 N–H and O–H groups in total. The zero-order valence-corrected chi connectivity index (χ0v) is 12.6. The summed E-state index contributed by atoms with van der Waals surface area (Å²) in [5.74, 6) is 0.864. The smallest absolute Gasteiger partial charge is 0.00928 e. The van der Waals surface area contributed by atoms with Crippen LogP contribution in [0.15, 0.2) is 0 Å². The lowest BCUT2D eigenvalue weighted by molar-refractivity contribution is 0.0720. The monoisotopic (exact) mass is 240 g/mol. The fourth-order valence-corrected chi connectivity index (χ4v) is 2.85. The molecule has 0 aromatic rings. The Bertz CT molecular complexity index is 213. The van der Waals surface area contributed by atoms with Crippen molar-refractivity contribution in [2.45, 2.75) is 59.9 Å². The van der Waals surface area contributed by atoms with Crippen LogP contribution in [0.2, 0.25) is 0 Å². The molecule has 0 bridgehead atoms. The standard InChI is InChI=1S/C15H32N2/c1-6-9-16-11-15(4,5)12-17-10-7-8-13(2)14(17)3/h13-14,16H,6-12H2,1-5H3. The minimum absolute atomic E-state index is 0.389. The van der Waals surface area contributed by atoms with Gasteiger partial charge in [-0.15, -0.1) is 0 Å². The van der Waals surface area contributed by atoms with Crippen LogP contribution in [0.3, 0.4) is 0 Å². The van der Waals surface area contributed by atoms with Crippen LogP contribution in [0.1, 0.15) is 53.9 Å². The van der Waals surface area contributed by atoms with Crippen molar-refractivity contribution in [2.75, 3.05) is 26.2 Å². The molecule has 0 aromatic carbocycles. The molecular formula is C15H32N2. The Labute approximate surface area is 108 Å². The number of rotatable bonds is 6. The summed E-state index contributed by atoms with van der Waals surface area (Å²) in [7, 11) is 0. The second-order valence-electron chi connectivity index (χ2n) is 6.67. The Balaban J connectivity index is 2.39. The maximum absolute atomic E-state index is 3.56. The topological polar surface area (TPSA) is 15.3 Å². The van der Waals surface area contributed by atoms with Crippen LogP contribution in [0.5, 0.6) is 0 Å². The molecule has 1 aliphatic rings. The number of hydrogen-bond donors (Lipinski definition) is 1. The minimum Gasteiger partial charge on any atom is -0.316 e. The van der Waals surface area contributed by atoms with E-state index in [2.05, 4.69) is 44.8 Å². The van der Waals surface area contributed by atoms with Crippen LogP contribution >= 0.6 is 0 Å². The lowest BCUT2D eigenvalue weighted by Crippen LogP contribution is -2.48. The molecule has 2 unspecified atom stereocenters. The second-order valence-corrected chi connectivity index (χ2v) is 6.67. The van der Waals surface area contributed by atoms with Crippen molar-refractivity contribution in [3.8, 4) is 0 Å². The highest BCUT2D eigenvalue weighted by Crippen LogP contribution is 2.26. The largest absolute Gasteiger partial charge is 0.316 e. The molecule has 0 amide bonds. The molecule has 102 valence electrons. The van der Waals surface area contributed by atoms with Gasteiger partial charge in [-0.3, -0.25) is 4.90 Å². The van der Waals surface area contributed by atoms with E-state index in [9.17, 15) is 0 Å². The Morgan fingerprint density at radius 3 is 2.65 bits per heavy atom. The van der Waals surface area contributed by atoms with E-state index >= 15 is 0 Å². The van der Waals surface area contributed by atoms with Crippen LogP contribution < -0.4 is 5.32 Å². The molecule has 2 nitrogen and oxygen atoms in total. The summed E-state index contributed by atoms with van der Waals surface area (Å²) >= 11 is 0. The van der Waals surface area contributed by atoms with Gasteiger partial charge >= 0.3 is 0 Å². The molecule has 0 aromatic heterocycles. The van der Waals surface area contributed by atoms with Gasteiger partial charge in [-0.25, -0.2) is 0 Å². The van der Waals surface area contributed by atoms with Gasteiger partial charge in [0.25, 0.3) is 0 Å². The molecular weight excluding hydrogens is 208 g/mol. The SMILES string of the molecule is CCCNCC(C)(C)CN1CCCC(C)C1C. The van der Waals surface area contributed by atoms with Gasteiger partial charge in [-0.2, -0.15) is 0 Å². The summed E-state index contributed by atoms with van der Waals surface area (Å²) in [6.45, 7) is 16.6. The van der Waals surface area contributed by atoms with Gasteiger partial charge in [0, 0.05) is 19.1 Å². The van der Waals surface area contributed by atoms with E-state index in [4.69, 9.17) is 0 Å². The third kappa shape index (κ3) is 4.97. The first-order chi connectivity index (χ1) is 7.96. The summed E-state index contributed by atoms with van der Waals surface area (Å²) in [5.41, 5.74) is 0.389. The van der Waals surface area contributed by atoms with Gasteiger partial charge in [0.05, 0.1) is 0 Å². The predicted octanol–water partition coefficient (Wildman–Crippen LogP) is 3.13. The Hall–Kier alpha value is -0.0800. The van der Waals surface area contributed by atoms with E-state index in [-0.39, 0.29) is 0 Å². The van der Waals surface area contributed by atoms with Gasteiger partial charge in [-0.05, 0) is 50.6 Å². The summed E-state index contributed by atoms with van der Waals surface area (Å²) < 4.78 is 0. The predicted molar refractivity (Wildman–Crippen MR) is 76.4 cm³/mol. The number of nitrogens with one attached hydrogen (secondary N) is 1. The zero-order valence-electron chi connectivity index (χ0n) is 12.6. The molecule has 1 fully saturated rings. The minimum atomic E-state index is 0.389. The molecule has 1 heterocycles. The van der Waals surface area contributed by atoms with E-state index in [1.807, 2.05) is 0 Å². The van der Waals surface area contributed by atoms with E-state index in [0.717, 1.165) is 25.0 Å². The van der Waals surface area contributed by atoms with Crippen LogP contribution in [-0.4, -0.2) is 37.1 Å². The van der Waals surface area contributed by atoms with Crippen molar-refractivity contribution in [3.63, 3.8) is 0 Å². The number of nitrogens with zero attached hydrogens (tertiary/aromatic N) is 1. The molecule has 1 saturated heterocycles. The average molecular weight is 240 g/mol. The fourth-order valence-electron chi connectivity index (χ4n) is 2.85. The van der Waals surface area contributed by atoms with Crippen molar-refractivity contribution in [2.24, 2.45) is 11.3 Å². The van der Waals surface area contributed by atoms with Crippen molar-refractivity contribution < 1.29 is 0 Å². The summed E-state index contributed by atoms with van der Waals surface area (Å²) in [5, 5.41) is 3.56. The van der Waals surface area contributed by atoms with E-state index in [0.29, 0.717) is 5.41 Å². The van der Waals surface area contributed by atoms with Crippen molar-refractivity contribution in [1.82, 2.24) is 10.2 Å². The third-order valence-corrected chi connectivity index (χ3v) is 4.17. The number of likely N-dealkylation sites (tertiary alicyclic amines) is 1. The first kappa shape index (κ1) is 15.0. The Morgan fingerprint density at radius 2 is 2.00 bits per heavy atom. The van der Waals surface area contributed by atoms with E-state index < -0.39 is 0 Å². The average Bonchev–Trinajstić information content (AvgIpc) is 2.25. The second kappa shape index (κ2) is 6.75. The highest BCUT2D eigenvalue weighted by Gasteiger charge is 2.29. The molecule has 0 spiro atoms. The maximum Gasteiger partial charge on any atom is 0.00928 e. The summed E-state index contributed by atoms with van der Waals surface area (Å²) in [6.07, 6.45) is 4.02. The van der Waals surface area contributed by atoms with Gasteiger partial charge in [-0.1, -0.05) is 27.7 Å². The lowest BCUT2D eigenvalue weighted by Gasteiger charge is -2.42. The molecule has 2 heteroatoms. The fraction of sp³-hybridized carbons (Fsp3) is 1.00. The lowest BCUT2D eigenvalue weighted by atomic mass is 9.87. The van der Waals surface area contributed by atoms with Crippen molar-refractivity contribution in [1.29, 1.82) is 0 Å². The van der Waals surface area contributed by atoms with Crippen LogP contribution in [0, 0.1) is 11.3 Å². The Morgan fingerprint density at radius 1 is 1.29 bits per heavy atom. The molecule has 0 radical (unpaired) electrons. The first-order valence-corrected chi connectivity index (χ1v) is 7.41. The molecule has 1 aliphatic heterocycles. The highest BCUT2D eigenvalue weighted by atomic mass is 15.2. The normalized spacial score (nSPS) is 27.4. The summed E-state index contributed by atoms with van der Waals surface area (Å²) in [6, 6.07) is 0.759. The molecule has 2 atom stereocenters. The number of hydrogen-bond acceptors (Lipinski definition) is 2. The zero-order chi connectivity index (χ0) is 12.9.